The molecule has 2 N–H and O–H groups in total. The number of hydrogen-bond acceptors (Lipinski definition) is 4. The molecule has 1 fully saturated rings. The predicted molar refractivity (Wildman–Crippen MR) is 56.7 cm³/mol. The zero-order chi connectivity index (χ0) is 12.0. The number of aliphatic hydroxyl groups excluding tert-OH is 1. The number of carbonyl (C=O) groups excluding carboxylic acids is 2. The van der Waals surface area contributed by atoms with Gasteiger partial charge < -0.3 is 20.1 Å². The highest BCUT2D eigenvalue weighted by Gasteiger charge is 2.30. The average Bonchev–Trinajstić information content (AvgIpc) is 2.70. The van der Waals surface area contributed by atoms with Crippen molar-refractivity contribution in [2.45, 2.75) is 18.9 Å². The van der Waals surface area contributed by atoms with Gasteiger partial charge in [0.15, 0.2) is 0 Å². The molecule has 1 heterocycles. The average molecular weight is 230 g/mol. The topological polar surface area (TPSA) is 78.9 Å². The van der Waals surface area contributed by atoms with E-state index in [4.69, 9.17) is 9.84 Å². The minimum absolute atomic E-state index is 0.0872. The van der Waals surface area contributed by atoms with Gasteiger partial charge in [-0.25, -0.2) is 0 Å². The Kier molecular flexibility index (Phi) is 5.21. The van der Waals surface area contributed by atoms with Crippen LogP contribution in [0.4, 0.5) is 0 Å². The lowest BCUT2D eigenvalue weighted by Crippen LogP contribution is -2.46. The fourth-order valence-electron chi connectivity index (χ4n) is 1.67. The van der Waals surface area contributed by atoms with Crippen LogP contribution in [-0.4, -0.2) is 61.3 Å². The van der Waals surface area contributed by atoms with Crippen LogP contribution in [0.2, 0.25) is 0 Å². The zero-order valence-electron chi connectivity index (χ0n) is 9.44. The maximum atomic E-state index is 11.9. The minimum Gasteiger partial charge on any atom is -0.395 e. The Morgan fingerprint density at radius 2 is 2.38 bits per heavy atom. The lowest BCUT2D eigenvalue weighted by molar-refractivity contribution is -0.135. The second kappa shape index (κ2) is 6.44. The minimum atomic E-state index is -0.434. The summed E-state index contributed by atoms with van der Waals surface area (Å²) in [5.74, 6) is -0.231. The Morgan fingerprint density at radius 3 is 2.88 bits per heavy atom. The molecule has 0 unspecified atom stereocenters. The Morgan fingerprint density at radius 1 is 1.62 bits per heavy atom. The van der Waals surface area contributed by atoms with Crippen molar-refractivity contribution in [1.82, 2.24) is 10.2 Å². The summed E-state index contributed by atoms with van der Waals surface area (Å²) >= 11 is 0. The first-order valence-electron chi connectivity index (χ1n) is 5.37. The monoisotopic (exact) mass is 230 g/mol. The molecular formula is C10H18N2O4. The number of amides is 2. The largest absolute Gasteiger partial charge is 0.395 e. The van der Waals surface area contributed by atoms with Crippen molar-refractivity contribution in [2.24, 2.45) is 0 Å². The van der Waals surface area contributed by atoms with Gasteiger partial charge in [0.05, 0.1) is 13.2 Å². The van der Waals surface area contributed by atoms with E-state index in [2.05, 4.69) is 5.32 Å². The second-order valence-electron chi connectivity index (χ2n) is 3.70. The summed E-state index contributed by atoms with van der Waals surface area (Å²) in [5.41, 5.74) is 0. The normalized spacial score (nSPS) is 19.6. The van der Waals surface area contributed by atoms with Crippen LogP contribution < -0.4 is 5.32 Å². The van der Waals surface area contributed by atoms with Crippen LogP contribution in [-0.2, 0) is 14.3 Å². The maximum absolute atomic E-state index is 11.9. The zero-order valence-corrected chi connectivity index (χ0v) is 9.44. The van der Waals surface area contributed by atoms with Gasteiger partial charge in [-0.3, -0.25) is 9.59 Å². The molecule has 6 nitrogen and oxygen atoms in total. The molecule has 1 saturated heterocycles. The third kappa shape index (κ3) is 3.46. The molecule has 1 rings (SSSR count). The van der Waals surface area contributed by atoms with Gasteiger partial charge in [0.25, 0.3) is 0 Å². The van der Waals surface area contributed by atoms with Crippen LogP contribution in [0, 0.1) is 0 Å². The molecular weight excluding hydrogens is 212 g/mol. The third-order valence-corrected chi connectivity index (χ3v) is 2.54. The summed E-state index contributed by atoms with van der Waals surface area (Å²) in [5, 5.41) is 11.5. The van der Waals surface area contributed by atoms with E-state index in [1.165, 1.54) is 4.90 Å². The maximum Gasteiger partial charge on any atom is 0.245 e. The molecule has 0 radical (unpaired) electrons. The smallest absolute Gasteiger partial charge is 0.245 e. The number of hydrogen-bond donors (Lipinski definition) is 2. The lowest BCUT2D eigenvalue weighted by atomic mass is 10.2. The first kappa shape index (κ1) is 12.9. The quantitative estimate of drug-likeness (QED) is 0.596. The van der Waals surface area contributed by atoms with E-state index in [1.807, 2.05) is 0 Å². The number of aliphatic hydroxyl groups is 1. The highest BCUT2D eigenvalue weighted by Crippen LogP contribution is 2.09. The van der Waals surface area contributed by atoms with Crippen molar-refractivity contribution < 1.29 is 19.4 Å². The Labute approximate surface area is 94.6 Å². The summed E-state index contributed by atoms with van der Waals surface area (Å²) in [7, 11) is 1.55. The summed E-state index contributed by atoms with van der Waals surface area (Å²) < 4.78 is 4.89. The van der Waals surface area contributed by atoms with Crippen molar-refractivity contribution in [3.63, 3.8) is 0 Å². The van der Waals surface area contributed by atoms with Crippen LogP contribution >= 0.6 is 0 Å². The highest BCUT2D eigenvalue weighted by molar-refractivity contribution is 5.90. The Hall–Kier alpha value is -1.14. The van der Waals surface area contributed by atoms with Crippen LogP contribution in [0.1, 0.15) is 12.8 Å². The third-order valence-electron chi connectivity index (χ3n) is 2.54. The first-order valence-corrected chi connectivity index (χ1v) is 5.37. The van der Waals surface area contributed by atoms with Gasteiger partial charge in [0.2, 0.25) is 11.8 Å². The Bertz CT molecular complexity index is 257. The number of rotatable bonds is 6. The van der Waals surface area contributed by atoms with Crippen molar-refractivity contribution in [3.8, 4) is 0 Å². The fraction of sp³-hybridized carbons (Fsp3) is 0.800. The highest BCUT2D eigenvalue weighted by atomic mass is 16.5. The number of nitrogens with one attached hydrogen (secondary N) is 1. The van der Waals surface area contributed by atoms with Gasteiger partial charge >= 0.3 is 0 Å². The number of carbonyl (C=O) groups is 2. The molecule has 0 aromatic carbocycles. The number of methoxy groups -OCH3 is 1. The molecule has 1 aliphatic heterocycles. The molecule has 2 amide bonds. The molecule has 0 aromatic heterocycles. The van der Waals surface area contributed by atoms with E-state index in [-0.39, 0.29) is 25.0 Å². The van der Waals surface area contributed by atoms with E-state index >= 15 is 0 Å². The van der Waals surface area contributed by atoms with Gasteiger partial charge in [-0.05, 0) is 6.42 Å². The fourth-order valence-corrected chi connectivity index (χ4v) is 1.67. The molecule has 92 valence electrons. The summed E-state index contributed by atoms with van der Waals surface area (Å²) in [4.78, 5) is 24.4. The van der Waals surface area contributed by atoms with E-state index < -0.39 is 6.04 Å². The summed E-state index contributed by atoms with van der Waals surface area (Å²) in [6.45, 7) is 1.04. The van der Waals surface area contributed by atoms with Crippen molar-refractivity contribution >= 4 is 11.8 Å². The van der Waals surface area contributed by atoms with Crippen molar-refractivity contribution in [3.05, 3.63) is 0 Å². The molecule has 1 aliphatic rings. The molecule has 0 bridgehead atoms. The molecule has 0 spiro atoms. The van der Waals surface area contributed by atoms with Gasteiger partial charge in [0, 0.05) is 26.6 Å². The van der Waals surface area contributed by atoms with Crippen molar-refractivity contribution in [2.75, 3.05) is 33.4 Å². The van der Waals surface area contributed by atoms with E-state index in [9.17, 15) is 9.59 Å². The number of nitrogens with zero attached hydrogens (tertiary/aromatic N) is 1. The Balaban J connectivity index is 2.48. The van der Waals surface area contributed by atoms with E-state index in [0.717, 1.165) is 0 Å². The van der Waals surface area contributed by atoms with Crippen LogP contribution in [0.15, 0.2) is 0 Å². The lowest BCUT2D eigenvalue weighted by Gasteiger charge is -2.24. The summed E-state index contributed by atoms with van der Waals surface area (Å²) in [6.07, 6.45) is 0.931. The molecule has 6 heteroatoms. The van der Waals surface area contributed by atoms with Gasteiger partial charge in [-0.15, -0.1) is 0 Å². The number of ether oxygens (including phenoxy) is 1. The van der Waals surface area contributed by atoms with Crippen LogP contribution in [0.3, 0.4) is 0 Å². The molecule has 16 heavy (non-hydrogen) atoms. The standard InChI is InChI=1S/C10H18N2O4/c1-16-7-5-12(4-6-13)10(15)8-2-3-9(14)11-8/h8,13H,2-7H2,1H3,(H,11,14)/t8-/m1/s1. The van der Waals surface area contributed by atoms with E-state index in [1.54, 1.807) is 7.11 Å². The van der Waals surface area contributed by atoms with Crippen LogP contribution in [0.5, 0.6) is 0 Å². The first-order chi connectivity index (χ1) is 7.69. The SMILES string of the molecule is COCCN(CCO)C(=O)[C@H]1CCC(=O)N1. The summed E-state index contributed by atoms with van der Waals surface area (Å²) in [6, 6.07) is -0.434. The van der Waals surface area contributed by atoms with Gasteiger partial charge in [0.1, 0.15) is 6.04 Å². The van der Waals surface area contributed by atoms with Gasteiger partial charge in [-0.2, -0.15) is 0 Å². The van der Waals surface area contributed by atoms with E-state index in [0.29, 0.717) is 26.0 Å². The van der Waals surface area contributed by atoms with Crippen molar-refractivity contribution in [1.29, 1.82) is 0 Å². The second-order valence-corrected chi connectivity index (χ2v) is 3.70. The van der Waals surface area contributed by atoms with Crippen LogP contribution in [0.25, 0.3) is 0 Å². The molecule has 0 aliphatic carbocycles. The predicted octanol–water partition coefficient (Wildman–Crippen LogP) is -1.27. The molecule has 1 atom stereocenters. The molecule has 0 saturated carbocycles. The van der Waals surface area contributed by atoms with Gasteiger partial charge in [-0.1, -0.05) is 0 Å². The molecule has 0 aromatic rings.